The number of rotatable bonds is 4. The fraction of sp³-hybridized carbons (Fsp3) is 0.167. The molecule has 0 aromatic heterocycles. The molecule has 0 bridgehead atoms. The molecule has 0 amide bonds. The first-order valence-corrected chi connectivity index (χ1v) is 7.98. The Labute approximate surface area is 145 Å². The van der Waals surface area contributed by atoms with Gasteiger partial charge >= 0.3 is 0 Å². The zero-order valence-electron chi connectivity index (χ0n) is 12.6. The number of hydrazone groups is 1. The van der Waals surface area contributed by atoms with Crippen molar-refractivity contribution < 1.29 is 4.74 Å². The van der Waals surface area contributed by atoms with Crippen molar-refractivity contribution >= 4 is 35.5 Å². The monoisotopic (exact) mass is 346 g/mol. The van der Waals surface area contributed by atoms with Crippen LogP contribution in [0, 0.1) is 0 Å². The largest absolute Gasteiger partial charge is 0.348 e. The molecule has 0 aliphatic carbocycles. The summed E-state index contributed by atoms with van der Waals surface area (Å²) in [7, 11) is 1.89. The normalized spacial score (nSPS) is 18.8. The van der Waals surface area contributed by atoms with Crippen LogP contribution in [0.1, 0.15) is 11.1 Å². The SMILES string of the molecule is CN1N=CC(=Cc2ccc(Cl)cc2Cl)C1OCc1ccccc1. The van der Waals surface area contributed by atoms with Gasteiger partial charge in [0, 0.05) is 22.7 Å². The summed E-state index contributed by atoms with van der Waals surface area (Å²) in [5, 5.41) is 7.31. The number of nitrogens with zero attached hydrogens (tertiary/aromatic N) is 2. The summed E-state index contributed by atoms with van der Waals surface area (Å²) >= 11 is 12.2. The second-order valence-electron chi connectivity index (χ2n) is 5.28. The highest BCUT2D eigenvalue weighted by atomic mass is 35.5. The van der Waals surface area contributed by atoms with Gasteiger partial charge in [-0.3, -0.25) is 5.01 Å². The number of hydrogen-bond donors (Lipinski definition) is 0. The van der Waals surface area contributed by atoms with Gasteiger partial charge in [0.05, 0.1) is 12.8 Å². The van der Waals surface area contributed by atoms with Gasteiger partial charge in [-0.1, -0.05) is 59.6 Å². The summed E-state index contributed by atoms with van der Waals surface area (Å²) in [6.45, 7) is 0.519. The van der Waals surface area contributed by atoms with Crippen LogP contribution in [0.2, 0.25) is 10.0 Å². The highest BCUT2D eigenvalue weighted by molar-refractivity contribution is 6.35. The minimum absolute atomic E-state index is 0.234. The van der Waals surface area contributed by atoms with Crippen LogP contribution in [0.3, 0.4) is 0 Å². The van der Waals surface area contributed by atoms with Gasteiger partial charge in [0.15, 0.2) is 6.23 Å². The van der Waals surface area contributed by atoms with Crippen molar-refractivity contribution in [2.45, 2.75) is 12.8 Å². The molecule has 2 aromatic rings. The number of halogens is 2. The maximum atomic E-state index is 6.24. The molecule has 1 heterocycles. The lowest BCUT2D eigenvalue weighted by Gasteiger charge is -2.21. The van der Waals surface area contributed by atoms with Crippen molar-refractivity contribution in [3.63, 3.8) is 0 Å². The number of benzene rings is 2. The number of ether oxygens (including phenoxy) is 1. The van der Waals surface area contributed by atoms with Gasteiger partial charge in [0.2, 0.25) is 0 Å². The third-order valence-electron chi connectivity index (χ3n) is 3.55. The van der Waals surface area contributed by atoms with E-state index in [1.165, 1.54) is 0 Å². The van der Waals surface area contributed by atoms with Crippen LogP contribution in [0.4, 0.5) is 0 Å². The van der Waals surface area contributed by atoms with E-state index in [0.717, 1.165) is 16.7 Å². The Morgan fingerprint density at radius 3 is 2.70 bits per heavy atom. The van der Waals surface area contributed by atoms with Crippen molar-refractivity contribution in [1.82, 2.24) is 5.01 Å². The Hall–Kier alpha value is -1.81. The Bertz CT molecular complexity index is 744. The molecule has 1 aliphatic heterocycles. The van der Waals surface area contributed by atoms with Gasteiger partial charge in [-0.2, -0.15) is 5.10 Å². The van der Waals surface area contributed by atoms with Gasteiger partial charge in [-0.05, 0) is 29.3 Å². The first-order chi connectivity index (χ1) is 11.1. The third-order valence-corrected chi connectivity index (χ3v) is 4.11. The lowest BCUT2D eigenvalue weighted by atomic mass is 10.1. The summed E-state index contributed by atoms with van der Waals surface area (Å²) in [6.07, 6.45) is 3.53. The van der Waals surface area contributed by atoms with E-state index in [0.29, 0.717) is 16.7 Å². The standard InChI is InChI=1S/C18H16Cl2N2O/c1-22-18(23-12-13-5-3-2-4-6-13)15(11-21-22)9-14-7-8-16(19)10-17(14)20/h2-11,18H,12H2,1H3. The van der Waals surface area contributed by atoms with Crippen LogP contribution in [0.25, 0.3) is 6.08 Å². The van der Waals surface area contributed by atoms with Gasteiger partial charge < -0.3 is 4.74 Å². The molecule has 5 heteroatoms. The van der Waals surface area contributed by atoms with Crippen LogP contribution < -0.4 is 0 Å². The smallest absolute Gasteiger partial charge is 0.173 e. The molecule has 23 heavy (non-hydrogen) atoms. The molecular weight excluding hydrogens is 331 g/mol. The van der Waals surface area contributed by atoms with Crippen LogP contribution in [0.15, 0.2) is 59.2 Å². The molecule has 0 N–H and O–H groups in total. The van der Waals surface area contributed by atoms with Crippen molar-refractivity contribution in [3.05, 3.63) is 75.3 Å². The van der Waals surface area contributed by atoms with E-state index in [2.05, 4.69) is 5.10 Å². The van der Waals surface area contributed by atoms with Crippen molar-refractivity contribution in [1.29, 1.82) is 0 Å². The summed E-state index contributed by atoms with van der Waals surface area (Å²) in [5.41, 5.74) is 2.96. The lowest BCUT2D eigenvalue weighted by molar-refractivity contribution is -0.0200. The molecule has 0 fully saturated rings. The van der Waals surface area contributed by atoms with E-state index < -0.39 is 0 Å². The Morgan fingerprint density at radius 2 is 1.96 bits per heavy atom. The van der Waals surface area contributed by atoms with Crippen LogP contribution in [-0.4, -0.2) is 24.5 Å². The van der Waals surface area contributed by atoms with Gasteiger partial charge in [0.25, 0.3) is 0 Å². The summed E-state index contributed by atoms with van der Waals surface area (Å²) < 4.78 is 6.01. The second-order valence-corrected chi connectivity index (χ2v) is 6.12. The highest BCUT2D eigenvalue weighted by Crippen LogP contribution is 2.26. The summed E-state index contributed by atoms with van der Waals surface area (Å²) in [5.74, 6) is 0. The quantitative estimate of drug-likeness (QED) is 0.790. The zero-order chi connectivity index (χ0) is 16.2. The minimum atomic E-state index is -0.234. The average Bonchev–Trinajstić information content (AvgIpc) is 2.89. The van der Waals surface area contributed by atoms with Crippen LogP contribution >= 0.6 is 23.2 Å². The first kappa shape index (κ1) is 16.1. The fourth-order valence-electron chi connectivity index (χ4n) is 2.36. The summed E-state index contributed by atoms with van der Waals surface area (Å²) in [4.78, 5) is 0. The van der Waals surface area contributed by atoms with Crippen LogP contribution in [0.5, 0.6) is 0 Å². The van der Waals surface area contributed by atoms with Gasteiger partial charge in [0.1, 0.15) is 0 Å². The molecule has 118 valence electrons. The zero-order valence-corrected chi connectivity index (χ0v) is 14.1. The van der Waals surface area contributed by atoms with E-state index in [-0.39, 0.29) is 6.23 Å². The molecule has 2 aromatic carbocycles. The van der Waals surface area contributed by atoms with Crippen molar-refractivity contribution in [2.75, 3.05) is 7.05 Å². The molecule has 0 saturated heterocycles. The predicted octanol–water partition coefficient (Wildman–Crippen LogP) is 4.85. The predicted molar refractivity (Wildman–Crippen MR) is 95.7 cm³/mol. The fourth-order valence-corrected chi connectivity index (χ4v) is 2.82. The summed E-state index contributed by atoms with van der Waals surface area (Å²) in [6, 6.07) is 15.5. The maximum absolute atomic E-state index is 6.24. The molecule has 1 atom stereocenters. The number of hydrogen-bond acceptors (Lipinski definition) is 3. The molecule has 1 unspecified atom stereocenters. The molecule has 3 rings (SSSR count). The topological polar surface area (TPSA) is 24.8 Å². The lowest BCUT2D eigenvalue weighted by Crippen LogP contribution is -2.27. The van der Waals surface area contributed by atoms with Crippen LogP contribution in [-0.2, 0) is 11.3 Å². The molecule has 3 nitrogen and oxygen atoms in total. The van der Waals surface area contributed by atoms with Crippen molar-refractivity contribution in [2.24, 2.45) is 5.10 Å². The van der Waals surface area contributed by atoms with E-state index >= 15 is 0 Å². The second kappa shape index (κ2) is 7.18. The third kappa shape index (κ3) is 3.94. The van der Waals surface area contributed by atoms with E-state index in [4.69, 9.17) is 27.9 Å². The molecule has 0 spiro atoms. The number of likely N-dealkylation sites (N-methyl/N-ethyl adjacent to an activating group) is 1. The first-order valence-electron chi connectivity index (χ1n) is 7.22. The molecular formula is C18H16Cl2N2O. The molecule has 1 aliphatic rings. The Morgan fingerprint density at radius 1 is 1.17 bits per heavy atom. The van der Waals surface area contributed by atoms with E-state index in [1.807, 2.05) is 55.6 Å². The average molecular weight is 347 g/mol. The van der Waals surface area contributed by atoms with Crippen molar-refractivity contribution in [3.8, 4) is 0 Å². The van der Waals surface area contributed by atoms with E-state index in [9.17, 15) is 0 Å². The maximum Gasteiger partial charge on any atom is 0.173 e. The van der Waals surface area contributed by atoms with Gasteiger partial charge in [-0.15, -0.1) is 0 Å². The highest BCUT2D eigenvalue weighted by Gasteiger charge is 2.23. The molecule has 0 saturated carbocycles. The Kier molecular flexibility index (Phi) is 5.01. The Balaban J connectivity index is 1.77. The van der Waals surface area contributed by atoms with Gasteiger partial charge in [-0.25, -0.2) is 0 Å². The van der Waals surface area contributed by atoms with E-state index in [1.54, 1.807) is 17.3 Å². The molecule has 0 radical (unpaired) electrons. The minimum Gasteiger partial charge on any atom is -0.348 e.